The number of alkyl halides is 1. The first-order valence-electron chi connectivity index (χ1n) is 12.0. The zero-order valence-electron chi connectivity index (χ0n) is 20.2. The summed E-state index contributed by atoms with van der Waals surface area (Å²) in [6.07, 6.45) is 7.11. The number of carbonyl (C=O) groups is 2. The minimum atomic E-state index is -1.14. The highest BCUT2D eigenvalue weighted by Gasteiger charge is 2.70. The van der Waals surface area contributed by atoms with Gasteiger partial charge in [0.2, 0.25) is 0 Å². The average Bonchev–Trinajstić information content (AvgIpc) is 3.09. The van der Waals surface area contributed by atoms with Crippen molar-refractivity contribution in [1.29, 1.82) is 0 Å². The van der Waals surface area contributed by atoms with Crippen LogP contribution in [0.4, 0.5) is 0 Å². The number of carbonyl (C=O) groups excluding carboxylic acids is 2. The number of methoxy groups -OCH3 is 2. The van der Waals surface area contributed by atoms with Gasteiger partial charge < -0.3 is 23.7 Å². The maximum Gasteiger partial charge on any atom is 0.340 e. The molecule has 186 valence electrons. The van der Waals surface area contributed by atoms with Gasteiger partial charge in [0.05, 0.1) is 6.10 Å². The minimum absolute atomic E-state index is 0.00407. The molecule has 4 aliphatic rings. The van der Waals surface area contributed by atoms with Gasteiger partial charge in [-0.1, -0.05) is 31.0 Å². The highest BCUT2D eigenvalue weighted by molar-refractivity contribution is 6.17. The van der Waals surface area contributed by atoms with Gasteiger partial charge >= 0.3 is 5.97 Å². The lowest BCUT2D eigenvalue weighted by atomic mass is 9.45. The van der Waals surface area contributed by atoms with Gasteiger partial charge in [0.1, 0.15) is 13.6 Å². The largest absolute Gasteiger partial charge is 0.447 e. The van der Waals surface area contributed by atoms with E-state index in [1.807, 2.05) is 6.08 Å². The fourth-order valence-electron chi connectivity index (χ4n) is 7.91. The van der Waals surface area contributed by atoms with E-state index in [-0.39, 0.29) is 48.8 Å². The van der Waals surface area contributed by atoms with Gasteiger partial charge in [-0.15, -0.1) is 0 Å². The Bertz CT molecular complexity index is 800. The molecular formula is C25H37ClO7. The van der Waals surface area contributed by atoms with E-state index in [4.69, 9.17) is 35.3 Å². The number of esters is 1. The number of hydrogen-bond donors (Lipinski definition) is 0. The van der Waals surface area contributed by atoms with Crippen LogP contribution in [0.3, 0.4) is 0 Å². The van der Waals surface area contributed by atoms with Gasteiger partial charge in [0.15, 0.2) is 17.5 Å². The number of ether oxygens (including phenoxy) is 5. The van der Waals surface area contributed by atoms with Gasteiger partial charge in [-0.2, -0.15) is 0 Å². The summed E-state index contributed by atoms with van der Waals surface area (Å²) in [4.78, 5) is 25.6. The number of ketones is 1. The van der Waals surface area contributed by atoms with Gasteiger partial charge in [-0.25, -0.2) is 4.79 Å². The van der Waals surface area contributed by atoms with Crippen molar-refractivity contribution in [2.75, 3.05) is 33.9 Å². The third-order valence-corrected chi connectivity index (χ3v) is 9.44. The molecule has 33 heavy (non-hydrogen) atoms. The third-order valence-electron chi connectivity index (χ3n) is 9.33. The normalized spacial score (nSPS) is 42.2. The Balaban J connectivity index is 1.76. The monoisotopic (exact) mass is 484 g/mol. The standard InChI is InChI=1S/C25H37ClO7/c1-23-9-7-17(27)11-16(23)5-6-18-19-8-10-25(33-15-30-4,22(28)31-13-26)24(19,2)12-20(21(18)23)32-14-29-3/h11,18-21H,5-10,12-15H2,1-4H3/t18-,19-,20?,21-,23-,24-,25?/m0/s1. The van der Waals surface area contributed by atoms with Crippen LogP contribution in [0.5, 0.6) is 0 Å². The molecule has 0 amide bonds. The van der Waals surface area contributed by atoms with Crippen molar-refractivity contribution >= 4 is 23.4 Å². The van der Waals surface area contributed by atoms with Crippen LogP contribution in [0, 0.1) is 28.6 Å². The Morgan fingerprint density at radius 1 is 1.12 bits per heavy atom. The summed E-state index contributed by atoms with van der Waals surface area (Å²) >= 11 is 5.80. The van der Waals surface area contributed by atoms with Crippen molar-refractivity contribution in [3.8, 4) is 0 Å². The summed E-state index contributed by atoms with van der Waals surface area (Å²) < 4.78 is 28.4. The number of hydrogen-bond acceptors (Lipinski definition) is 7. The Labute approximate surface area is 201 Å². The van der Waals surface area contributed by atoms with Gasteiger partial charge in [-0.05, 0) is 67.8 Å². The van der Waals surface area contributed by atoms with Gasteiger partial charge in [0, 0.05) is 26.1 Å². The smallest absolute Gasteiger partial charge is 0.340 e. The predicted molar refractivity (Wildman–Crippen MR) is 121 cm³/mol. The van der Waals surface area contributed by atoms with Crippen molar-refractivity contribution in [3.63, 3.8) is 0 Å². The summed E-state index contributed by atoms with van der Waals surface area (Å²) in [5, 5.41) is 0. The van der Waals surface area contributed by atoms with Crippen LogP contribution in [-0.4, -0.2) is 57.3 Å². The highest BCUT2D eigenvalue weighted by Crippen LogP contribution is 2.68. The van der Waals surface area contributed by atoms with Crippen LogP contribution in [0.15, 0.2) is 11.6 Å². The molecule has 0 heterocycles. The van der Waals surface area contributed by atoms with E-state index in [0.717, 1.165) is 25.7 Å². The highest BCUT2D eigenvalue weighted by atomic mass is 35.5. The molecule has 0 radical (unpaired) electrons. The van der Waals surface area contributed by atoms with E-state index in [9.17, 15) is 9.59 Å². The molecule has 2 unspecified atom stereocenters. The molecule has 0 spiro atoms. The molecule has 3 fully saturated rings. The first-order valence-corrected chi connectivity index (χ1v) is 12.5. The molecule has 7 atom stereocenters. The summed E-state index contributed by atoms with van der Waals surface area (Å²) in [5.74, 6) is 0.668. The van der Waals surface area contributed by atoms with E-state index in [1.165, 1.54) is 5.57 Å². The predicted octanol–water partition coefficient (Wildman–Crippen LogP) is 4.22. The Morgan fingerprint density at radius 2 is 1.88 bits per heavy atom. The molecule has 0 aromatic rings. The average molecular weight is 485 g/mol. The van der Waals surface area contributed by atoms with E-state index in [1.54, 1.807) is 14.2 Å². The molecule has 8 heteroatoms. The first-order chi connectivity index (χ1) is 15.8. The van der Waals surface area contributed by atoms with Crippen LogP contribution in [0.1, 0.15) is 58.8 Å². The van der Waals surface area contributed by atoms with E-state index < -0.39 is 17.0 Å². The van der Waals surface area contributed by atoms with Crippen LogP contribution in [0.2, 0.25) is 0 Å². The Kier molecular flexibility index (Phi) is 7.29. The van der Waals surface area contributed by atoms with Crippen LogP contribution < -0.4 is 0 Å². The lowest BCUT2D eigenvalue weighted by Gasteiger charge is -2.61. The maximum atomic E-state index is 13.3. The van der Waals surface area contributed by atoms with E-state index in [2.05, 4.69) is 13.8 Å². The molecule has 0 N–H and O–H groups in total. The zero-order valence-corrected chi connectivity index (χ0v) is 20.9. The molecule has 0 bridgehead atoms. The van der Waals surface area contributed by atoms with Crippen molar-refractivity contribution in [2.24, 2.45) is 28.6 Å². The molecule has 7 nitrogen and oxygen atoms in total. The fraction of sp³-hybridized carbons (Fsp3) is 0.840. The van der Waals surface area contributed by atoms with Crippen molar-refractivity contribution in [2.45, 2.75) is 70.5 Å². The van der Waals surface area contributed by atoms with E-state index in [0.29, 0.717) is 25.2 Å². The summed E-state index contributed by atoms with van der Waals surface area (Å²) in [6.45, 7) is 4.64. The number of rotatable bonds is 8. The number of allylic oxidation sites excluding steroid dienone is 1. The molecule has 0 aromatic heterocycles. The second kappa shape index (κ2) is 9.57. The SMILES string of the molecule is COCOC1C[C@@]2(C)[C@@H](CCC2(OCOC)C(=O)OCCl)[C@@H]2CCC3=CC(=O)CC[C@]3(C)[C@H]12. The Hall–Kier alpha value is -0.990. The first kappa shape index (κ1) is 25.1. The summed E-state index contributed by atoms with van der Waals surface area (Å²) in [6, 6.07) is -0.215. The lowest BCUT2D eigenvalue weighted by molar-refractivity contribution is -0.239. The minimum Gasteiger partial charge on any atom is -0.447 e. The zero-order chi connectivity index (χ0) is 23.9. The molecule has 0 aliphatic heterocycles. The molecule has 4 aliphatic carbocycles. The molecule has 0 aromatic carbocycles. The summed E-state index contributed by atoms with van der Waals surface area (Å²) in [7, 11) is 3.17. The molecule has 3 saturated carbocycles. The molecule has 0 saturated heterocycles. The second-order valence-corrected chi connectivity index (χ2v) is 10.8. The number of halogens is 1. The maximum absolute atomic E-state index is 13.3. The van der Waals surface area contributed by atoms with Crippen molar-refractivity contribution < 1.29 is 33.3 Å². The summed E-state index contributed by atoms with van der Waals surface area (Å²) in [5.41, 5.74) is -0.472. The second-order valence-electron chi connectivity index (χ2n) is 10.6. The molecule has 4 rings (SSSR count). The quantitative estimate of drug-likeness (QED) is 0.290. The van der Waals surface area contributed by atoms with Crippen LogP contribution in [0.25, 0.3) is 0 Å². The van der Waals surface area contributed by atoms with Crippen molar-refractivity contribution in [3.05, 3.63) is 11.6 Å². The van der Waals surface area contributed by atoms with Gasteiger partial charge in [0.25, 0.3) is 0 Å². The topological polar surface area (TPSA) is 80.3 Å². The lowest BCUT2D eigenvalue weighted by Crippen LogP contribution is -2.63. The van der Waals surface area contributed by atoms with Crippen molar-refractivity contribution in [1.82, 2.24) is 0 Å². The third kappa shape index (κ3) is 3.88. The fourth-order valence-corrected chi connectivity index (χ4v) is 8.01. The van der Waals surface area contributed by atoms with Crippen LogP contribution >= 0.6 is 11.6 Å². The Morgan fingerprint density at radius 3 is 2.58 bits per heavy atom. The number of fused-ring (bicyclic) bond motifs is 5. The van der Waals surface area contributed by atoms with Crippen LogP contribution in [-0.2, 0) is 33.3 Å². The van der Waals surface area contributed by atoms with E-state index >= 15 is 0 Å². The molecular weight excluding hydrogens is 448 g/mol. The van der Waals surface area contributed by atoms with Gasteiger partial charge in [-0.3, -0.25) is 4.79 Å².